The number of anilines is 1. The van der Waals surface area contributed by atoms with Gasteiger partial charge in [-0.2, -0.15) is 0 Å². The molecule has 0 unspecified atom stereocenters. The molecule has 2 aliphatic rings. The molecule has 1 aromatic carbocycles. The van der Waals surface area contributed by atoms with Crippen LogP contribution in [0.15, 0.2) is 24.4 Å². The van der Waals surface area contributed by atoms with Gasteiger partial charge < -0.3 is 15.0 Å². The third kappa shape index (κ3) is 2.79. The third-order valence-electron chi connectivity index (χ3n) is 4.96. The van der Waals surface area contributed by atoms with Crippen molar-refractivity contribution in [3.05, 3.63) is 47.0 Å². The zero-order valence-corrected chi connectivity index (χ0v) is 14.8. The summed E-state index contributed by atoms with van der Waals surface area (Å²) in [6.07, 6.45) is 2.72. The van der Waals surface area contributed by atoms with Gasteiger partial charge in [-0.25, -0.2) is 9.97 Å². The Hall–Kier alpha value is -2.96. The first-order valence-corrected chi connectivity index (χ1v) is 8.69. The Kier molecular flexibility index (Phi) is 4.06. The number of hydrogen-bond acceptors (Lipinski definition) is 5. The van der Waals surface area contributed by atoms with Gasteiger partial charge in [-0.15, -0.1) is 0 Å². The van der Waals surface area contributed by atoms with Crippen LogP contribution < -0.4 is 10.1 Å². The predicted molar refractivity (Wildman–Crippen MR) is 94.6 cm³/mol. The molecule has 2 aromatic rings. The molecule has 1 N–H and O–H groups in total. The molecule has 1 atom stereocenters. The molecule has 0 radical (unpaired) electrons. The summed E-state index contributed by atoms with van der Waals surface area (Å²) in [7, 11) is 1.58. The Morgan fingerprint density at radius 1 is 1.38 bits per heavy atom. The highest BCUT2D eigenvalue weighted by molar-refractivity contribution is 6.05. The maximum atomic E-state index is 12.8. The molecule has 7 nitrogen and oxygen atoms in total. The van der Waals surface area contributed by atoms with Crippen molar-refractivity contribution < 1.29 is 14.3 Å². The van der Waals surface area contributed by atoms with Crippen molar-refractivity contribution in [3.63, 3.8) is 0 Å². The van der Waals surface area contributed by atoms with Crippen molar-refractivity contribution >= 4 is 17.5 Å². The summed E-state index contributed by atoms with van der Waals surface area (Å²) in [5.41, 5.74) is 3.45. The lowest BCUT2D eigenvalue weighted by molar-refractivity contribution is -0.134. The number of fused-ring (bicyclic) bond motifs is 2. The van der Waals surface area contributed by atoms with Crippen molar-refractivity contribution in [2.45, 2.75) is 38.8 Å². The van der Waals surface area contributed by atoms with Crippen LogP contribution in [0.2, 0.25) is 0 Å². The molecule has 2 amide bonds. The van der Waals surface area contributed by atoms with Crippen LogP contribution in [0.25, 0.3) is 0 Å². The summed E-state index contributed by atoms with van der Waals surface area (Å²) in [5.74, 6) is 0.799. The number of aromatic nitrogens is 2. The summed E-state index contributed by atoms with van der Waals surface area (Å²) in [6, 6.07) is 5.44. The smallest absolute Gasteiger partial charge is 0.232 e. The van der Waals surface area contributed by atoms with Gasteiger partial charge in [0.15, 0.2) is 0 Å². The minimum atomic E-state index is -0.468. The number of ether oxygens (including phenoxy) is 1. The first-order valence-electron chi connectivity index (χ1n) is 8.69. The zero-order valence-electron chi connectivity index (χ0n) is 14.8. The number of carbonyl (C=O) groups excluding carboxylic acids is 2. The van der Waals surface area contributed by atoms with Gasteiger partial charge in [-0.1, -0.05) is 13.0 Å². The van der Waals surface area contributed by atoms with E-state index in [0.717, 1.165) is 34.8 Å². The van der Waals surface area contributed by atoms with Gasteiger partial charge >= 0.3 is 0 Å². The number of nitrogens with zero attached hydrogens (tertiary/aromatic N) is 3. The van der Waals surface area contributed by atoms with Crippen molar-refractivity contribution in [1.82, 2.24) is 14.9 Å². The predicted octanol–water partition coefficient (Wildman–Crippen LogP) is 2.02. The highest BCUT2D eigenvalue weighted by Crippen LogP contribution is 2.37. The maximum Gasteiger partial charge on any atom is 0.232 e. The molecule has 134 valence electrons. The molecule has 7 heteroatoms. The van der Waals surface area contributed by atoms with Crippen LogP contribution in [0, 0.1) is 0 Å². The number of rotatable bonds is 4. The van der Waals surface area contributed by atoms with Gasteiger partial charge in [0.1, 0.15) is 11.6 Å². The van der Waals surface area contributed by atoms with Crippen LogP contribution >= 0.6 is 0 Å². The Morgan fingerprint density at radius 2 is 2.23 bits per heavy atom. The SMILES string of the molecule is CCc1ncc2c(n1)CN(C(=O)C[C@@H]1C(=O)Nc3cc(OC)ccc31)C2. The molecule has 0 saturated carbocycles. The second kappa shape index (κ2) is 6.40. The van der Waals surface area contributed by atoms with Crippen LogP contribution in [0.3, 0.4) is 0 Å². The van der Waals surface area contributed by atoms with E-state index >= 15 is 0 Å². The molecular weight excluding hydrogens is 332 g/mol. The van der Waals surface area contributed by atoms with Crippen LogP contribution in [0.5, 0.6) is 5.75 Å². The van der Waals surface area contributed by atoms with Gasteiger partial charge in [0.05, 0.1) is 25.3 Å². The molecule has 0 fully saturated rings. The average Bonchev–Trinajstić information content (AvgIpc) is 3.21. The fourth-order valence-corrected chi connectivity index (χ4v) is 3.48. The minimum Gasteiger partial charge on any atom is -0.497 e. The van der Waals surface area contributed by atoms with E-state index in [0.29, 0.717) is 18.8 Å². The van der Waals surface area contributed by atoms with Gasteiger partial charge in [-0.3, -0.25) is 9.59 Å². The van der Waals surface area contributed by atoms with E-state index in [-0.39, 0.29) is 18.2 Å². The van der Waals surface area contributed by atoms with Crippen LogP contribution in [0.1, 0.15) is 41.9 Å². The van der Waals surface area contributed by atoms with E-state index in [1.807, 2.05) is 19.1 Å². The normalized spacial score (nSPS) is 17.7. The second-order valence-electron chi connectivity index (χ2n) is 6.56. The van der Waals surface area contributed by atoms with Crippen molar-refractivity contribution in [2.75, 3.05) is 12.4 Å². The molecule has 4 rings (SSSR count). The zero-order chi connectivity index (χ0) is 18.3. The summed E-state index contributed by atoms with van der Waals surface area (Å²) in [5, 5.41) is 2.84. The average molecular weight is 352 g/mol. The lowest BCUT2D eigenvalue weighted by Crippen LogP contribution is -2.28. The fourth-order valence-electron chi connectivity index (χ4n) is 3.48. The molecule has 0 spiro atoms. The molecule has 26 heavy (non-hydrogen) atoms. The quantitative estimate of drug-likeness (QED) is 0.910. The van der Waals surface area contributed by atoms with Crippen LogP contribution in [-0.4, -0.2) is 33.8 Å². The van der Waals surface area contributed by atoms with E-state index < -0.39 is 5.92 Å². The Bertz CT molecular complexity index is 896. The number of methoxy groups -OCH3 is 1. The molecule has 0 saturated heterocycles. The van der Waals surface area contributed by atoms with Gasteiger partial charge in [0, 0.05) is 42.9 Å². The van der Waals surface area contributed by atoms with E-state index in [9.17, 15) is 9.59 Å². The Morgan fingerprint density at radius 3 is 3.00 bits per heavy atom. The highest BCUT2D eigenvalue weighted by atomic mass is 16.5. The van der Waals surface area contributed by atoms with Crippen molar-refractivity contribution in [1.29, 1.82) is 0 Å². The van der Waals surface area contributed by atoms with Gasteiger partial charge in [0.2, 0.25) is 11.8 Å². The minimum absolute atomic E-state index is 0.0510. The van der Waals surface area contributed by atoms with E-state index in [1.54, 1.807) is 24.3 Å². The lowest BCUT2D eigenvalue weighted by Gasteiger charge is -2.17. The second-order valence-corrected chi connectivity index (χ2v) is 6.56. The molecular formula is C19H20N4O3. The number of aryl methyl sites for hydroxylation is 1. The maximum absolute atomic E-state index is 12.8. The number of hydrogen-bond donors (Lipinski definition) is 1. The molecule has 2 aliphatic heterocycles. The molecule has 1 aromatic heterocycles. The van der Waals surface area contributed by atoms with Crippen molar-refractivity contribution in [3.8, 4) is 5.75 Å². The van der Waals surface area contributed by atoms with Crippen molar-refractivity contribution in [2.24, 2.45) is 0 Å². The Balaban J connectivity index is 1.49. The standard InChI is InChI=1S/C19H20N4O3/c1-3-17-20-8-11-9-23(10-16(11)21-17)18(24)7-14-13-5-4-12(26-2)6-15(13)22-19(14)25/h4-6,8,14H,3,7,9-10H2,1-2H3,(H,22,25)/t14-/m0/s1. The third-order valence-corrected chi connectivity index (χ3v) is 4.96. The molecule has 3 heterocycles. The van der Waals surface area contributed by atoms with Crippen LogP contribution in [0.4, 0.5) is 5.69 Å². The number of carbonyl (C=O) groups is 2. The van der Waals surface area contributed by atoms with Crippen LogP contribution in [-0.2, 0) is 29.1 Å². The monoisotopic (exact) mass is 352 g/mol. The number of amides is 2. The molecule has 0 aliphatic carbocycles. The summed E-state index contributed by atoms with van der Waals surface area (Å²) < 4.78 is 5.19. The van der Waals surface area contributed by atoms with Gasteiger partial charge in [-0.05, 0) is 11.6 Å². The Labute approximate surface area is 151 Å². The summed E-state index contributed by atoms with van der Waals surface area (Å²) >= 11 is 0. The highest BCUT2D eigenvalue weighted by Gasteiger charge is 2.35. The van der Waals surface area contributed by atoms with Gasteiger partial charge in [0.25, 0.3) is 0 Å². The molecule has 0 bridgehead atoms. The van der Waals surface area contributed by atoms with E-state index in [1.165, 1.54) is 0 Å². The largest absolute Gasteiger partial charge is 0.497 e. The number of benzene rings is 1. The summed E-state index contributed by atoms with van der Waals surface area (Å²) in [6.45, 7) is 2.99. The first-order chi connectivity index (χ1) is 12.6. The summed E-state index contributed by atoms with van der Waals surface area (Å²) in [4.78, 5) is 35.7. The van der Waals surface area contributed by atoms with E-state index in [2.05, 4.69) is 15.3 Å². The first kappa shape index (κ1) is 16.5. The topological polar surface area (TPSA) is 84.4 Å². The fraction of sp³-hybridized carbons (Fsp3) is 0.368. The number of nitrogens with one attached hydrogen (secondary N) is 1. The lowest BCUT2D eigenvalue weighted by atomic mass is 9.96. The van der Waals surface area contributed by atoms with E-state index in [4.69, 9.17) is 4.74 Å².